The van der Waals surface area contributed by atoms with Crippen molar-refractivity contribution in [2.24, 2.45) is 5.16 Å². The number of amides is 3. The number of thioether (sulfide) groups is 1. The first-order chi connectivity index (χ1) is 21.4. The van der Waals surface area contributed by atoms with Gasteiger partial charge in [-0.1, -0.05) is 28.7 Å². The molecular weight excluding hydrogens is 673 g/mol. The summed E-state index contributed by atoms with van der Waals surface area (Å²) in [5.74, 6) is -4.00. The Morgan fingerprint density at radius 2 is 2.04 bits per heavy atom. The minimum atomic E-state index is -1.42. The first-order valence-electron chi connectivity index (χ1n) is 12.4. The predicted molar refractivity (Wildman–Crippen MR) is 165 cm³/mol. The van der Waals surface area contributed by atoms with Crippen LogP contribution in [0.2, 0.25) is 0 Å². The summed E-state index contributed by atoms with van der Waals surface area (Å²) in [5.41, 5.74) is 4.66. The number of carbonyl (C=O) groups is 4. The van der Waals surface area contributed by atoms with E-state index in [9.17, 15) is 34.2 Å². The zero-order valence-electron chi connectivity index (χ0n) is 22.9. The lowest BCUT2D eigenvalue weighted by Crippen LogP contribution is -2.71. The van der Waals surface area contributed by atoms with E-state index in [0.29, 0.717) is 0 Å². The summed E-state index contributed by atoms with van der Waals surface area (Å²) in [6.45, 7) is 1.24. The molecule has 1 saturated heterocycles. The van der Waals surface area contributed by atoms with Gasteiger partial charge in [-0.3, -0.25) is 29.4 Å². The number of carboxylic acid groups (broad SMARTS) is 1. The van der Waals surface area contributed by atoms with E-state index < -0.39 is 46.3 Å². The van der Waals surface area contributed by atoms with Crippen LogP contribution in [-0.4, -0.2) is 97.8 Å². The second-order valence-corrected chi connectivity index (χ2v) is 12.4. The highest BCUT2D eigenvalue weighted by Gasteiger charge is 2.55. The van der Waals surface area contributed by atoms with Crippen molar-refractivity contribution in [1.82, 2.24) is 34.3 Å². The van der Waals surface area contributed by atoms with E-state index in [-0.39, 0.29) is 60.9 Å². The second kappa shape index (κ2) is 12.7. The molecule has 0 bridgehead atoms. The van der Waals surface area contributed by atoms with Crippen LogP contribution < -0.4 is 21.8 Å². The van der Waals surface area contributed by atoms with Crippen molar-refractivity contribution in [2.75, 3.05) is 23.9 Å². The molecule has 2 aliphatic rings. The van der Waals surface area contributed by atoms with E-state index in [1.807, 2.05) is 0 Å². The van der Waals surface area contributed by atoms with E-state index in [1.165, 1.54) is 36.6 Å². The molecule has 1 fully saturated rings. The van der Waals surface area contributed by atoms with E-state index in [4.69, 9.17) is 22.8 Å². The lowest BCUT2D eigenvalue weighted by Gasteiger charge is -2.49. The van der Waals surface area contributed by atoms with Crippen LogP contribution in [0.5, 0.6) is 5.75 Å². The number of aromatic hydroxyl groups is 1. The smallest absolute Gasteiger partial charge is 0.353 e. The number of thiocarbonyl (C=S) groups is 1. The number of aromatic nitrogens is 5. The van der Waals surface area contributed by atoms with Gasteiger partial charge in [-0.25, -0.2) is 4.79 Å². The molecule has 2 atom stereocenters. The molecule has 3 amide bonds. The largest absolute Gasteiger partial charge is 0.503 e. The maximum Gasteiger partial charge on any atom is 0.353 e. The first kappa shape index (κ1) is 31.6. The number of oxime groups is 1. The third-order valence-electron chi connectivity index (χ3n) is 6.38. The van der Waals surface area contributed by atoms with Gasteiger partial charge in [0.1, 0.15) is 30.8 Å². The fraction of sp³-hybridized carbons (Fsp3) is 0.261. The molecule has 0 unspecified atom stereocenters. The molecule has 0 saturated carbocycles. The highest BCUT2D eigenvalue weighted by atomic mass is 32.2. The van der Waals surface area contributed by atoms with Gasteiger partial charge < -0.3 is 30.7 Å². The number of carboxylic acids is 1. The van der Waals surface area contributed by atoms with Crippen molar-refractivity contribution in [1.29, 1.82) is 0 Å². The van der Waals surface area contributed by atoms with Crippen LogP contribution in [0, 0.1) is 6.92 Å². The van der Waals surface area contributed by atoms with Crippen molar-refractivity contribution >= 4 is 91.4 Å². The zero-order chi connectivity index (χ0) is 32.6. The Bertz CT molecular complexity index is 1880. The molecule has 22 heteroatoms. The third kappa shape index (κ3) is 6.11. The minimum Gasteiger partial charge on any atom is -0.503 e. The van der Waals surface area contributed by atoms with Crippen molar-refractivity contribution in [3.8, 4) is 5.75 Å². The Labute approximate surface area is 269 Å². The van der Waals surface area contributed by atoms with Gasteiger partial charge in [-0.05, 0) is 6.92 Å². The number of carbonyl (C=O) groups excluding carboxylic acids is 3. The van der Waals surface area contributed by atoms with Crippen LogP contribution >= 0.6 is 46.8 Å². The standard InChI is InChI=1S/C23H20N10O8S4/c1-7-14(36)9(34)3-4-32(7)5-10(35)25-23-29-28-18(44-23)15(42)8-6-43-20-12(19(38)33(20)13(8)21(39)40)26-17(37)11(30-41-2)16-27-22(24)45-31-16/h3-4,12,20,36H,5-6H2,1-2H3,(H,26,37)(H,39,40)(H2,24,27,31)(H,25,29,35)/t12-,20+/m1/s1. The third-order valence-corrected chi connectivity index (χ3v) is 9.62. The van der Waals surface area contributed by atoms with Crippen LogP contribution in [0.3, 0.4) is 0 Å². The molecule has 6 N–H and O–H groups in total. The minimum absolute atomic E-state index is 0.0134. The number of aliphatic carboxylic acids is 1. The van der Waals surface area contributed by atoms with Gasteiger partial charge in [0.05, 0.1) is 10.6 Å². The summed E-state index contributed by atoms with van der Waals surface area (Å²) in [6.07, 6.45) is 1.36. The zero-order valence-corrected chi connectivity index (χ0v) is 26.2. The molecule has 2 aliphatic heterocycles. The SMILES string of the molecule is CON=C(C(=O)N[C@@H]1C(=O)N2C(C(=O)O)=C(C(=S)c3nnc(NC(=O)Cn4ccc(=O)c(O)c4C)s3)CS[C@@H]12)c1nsc(N)n1. The number of pyridine rings is 1. The number of β-lactam (4-membered cyclic amide) rings is 1. The average Bonchev–Trinajstić information content (AvgIpc) is 3.66. The number of fused-ring (bicyclic) bond motifs is 1. The van der Waals surface area contributed by atoms with E-state index in [1.54, 1.807) is 0 Å². The number of nitrogen functional groups attached to an aromatic ring is 1. The van der Waals surface area contributed by atoms with Gasteiger partial charge in [0.2, 0.25) is 28.0 Å². The number of nitrogens with zero attached hydrogens (tertiary/aromatic N) is 7. The maximum absolute atomic E-state index is 13.1. The van der Waals surface area contributed by atoms with E-state index >= 15 is 0 Å². The van der Waals surface area contributed by atoms with Gasteiger partial charge >= 0.3 is 5.97 Å². The molecule has 0 aromatic carbocycles. The van der Waals surface area contributed by atoms with Crippen LogP contribution in [-0.2, 0) is 30.6 Å². The fourth-order valence-electron chi connectivity index (χ4n) is 4.25. The fourth-order valence-corrected chi connectivity index (χ4v) is 7.19. The Morgan fingerprint density at radius 1 is 1.29 bits per heavy atom. The molecule has 0 radical (unpaired) electrons. The molecule has 5 heterocycles. The van der Waals surface area contributed by atoms with E-state index in [2.05, 4.69) is 35.3 Å². The van der Waals surface area contributed by atoms with Crippen molar-refractivity contribution < 1.29 is 34.2 Å². The number of rotatable bonds is 10. The van der Waals surface area contributed by atoms with Crippen LogP contribution in [0.15, 0.2) is 33.5 Å². The molecular formula is C23H20N10O8S4. The number of hydrogen-bond donors (Lipinski definition) is 5. The van der Waals surface area contributed by atoms with Gasteiger partial charge in [0.15, 0.2) is 15.9 Å². The molecule has 3 aromatic heterocycles. The average molecular weight is 693 g/mol. The summed E-state index contributed by atoms with van der Waals surface area (Å²) in [4.78, 5) is 72.2. The summed E-state index contributed by atoms with van der Waals surface area (Å²) in [6, 6.07) is 0.0295. The van der Waals surface area contributed by atoms with Crippen molar-refractivity contribution in [2.45, 2.75) is 24.9 Å². The normalized spacial score (nSPS) is 17.8. The summed E-state index contributed by atoms with van der Waals surface area (Å²) in [7, 11) is 1.21. The Balaban J connectivity index is 1.29. The summed E-state index contributed by atoms with van der Waals surface area (Å²) >= 11 is 8.41. The van der Waals surface area contributed by atoms with Gasteiger partial charge in [-0.2, -0.15) is 9.36 Å². The highest BCUT2D eigenvalue weighted by molar-refractivity contribution is 8.00. The van der Waals surface area contributed by atoms with Crippen molar-refractivity contribution in [3.05, 3.63) is 50.3 Å². The predicted octanol–water partition coefficient (Wildman–Crippen LogP) is -0.706. The highest BCUT2D eigenvalue weighted by Crippen LogP contribution is 2.41. The number of nitrogens with one attached hydrogen (secondary N) is 2. The number of anilines is 2. The van der Waals surface area contributed by atoms with E-state index in [0.717, 1.165) is 33.8 Å². The monoisotopic (exact) mass is 692 g/mol. The number of nitrogens with two attached hydrogens (primary N) is 1. The Kier molecular flexibility index (Phi) is 8.90. The van der Waals surface area contributed by atoms with Crippen molar-refractivity contribution in [3.63, 3.8) is 0 Å². The quantitative estimate of drug-likeness (QED) is 0.0578. The van der Waals surface area contributed by atoms with Crippen LogP contribution in [0.1, 0.15) is 16.5 Å². The van der Waals surface area contributed by atoms with Crippen LogP contribution in [0.25, 0.3) is 0 Å². The molecule has 234 valence electrons. The molecule has 18 nitrogen and oxygen atoms in total. The molecule has 5 rings (SSSR count). The summed E-state index contributed by atoms with van der Waals surface area (Å²) < 4.78 is 5.30. The van der Waals surface area contributed by atoms with Gasteiger partial charge in [-0.15, -0.1) is 22.0 Å². The number of hydrogen-bond acceptors (Lipinski definition) is 17. The lowest BCUT2D eigenvalue weighted by atomic mass is 10.0. The maximum atomic E-state index is 13.1. The van der Waals surface area contributed by atoms with Gasteiger partial charge in [0.25, 0.3) is 11.8 Å². The lowest BCUT2D eigenvalue weighted by molar-refractivity contribution is -0.150. The van der Waals surface area contributed by atoms with Gasteiger partial charge in [0, 0.05) is 35.1 Å². The molecule has 3 aromatic rings. The molecule has 45 heavy (non-hydrogen) atoms. The second-order valence-electron chi connectivity index (χ2n) is 9.10. The topological polar surface area (TPSA) is 257 Å². The first-order valence-corrected chi connectivity index (χ1v) is 15.5. The molecule has 0 aliphatic carbocycles. The molecule has 0 spiro atoms. The van der Waals surface area contributed by atoms with Crippen LogP contribution in [0.4, 0.5) is 10.3 Å². The Morgan fingerprint density at radius 3 is 2.71 bits per heavy atom. The Hall–Kier alpha value is -4.80. The summed E-state index contributed by atoms with van der Waals surface area (Å²) in [5, 5.41) is 35.9.